The Hall–Kier alpha value is -0.830. The standard InChI is InChI=1S/C13H21NO2/c1-3-9(2)6-14-7-11(10-4-5-10)12(8-14)13(15)16/h3,10-12H,4-8H2,1-2H3,(H,15,16)/b9-3+/t11-,12+/m0/s1. The lowest BCUT2D eigenvalue weighted by Crippen LogP contribution is -2.25. The lowest BCUT2D eigenvalue weighted by atomic mass is 9.92. The zero-order valence-electron chi connectivity index (χ0n) is 10.1. The van der Waals surface area contributed by atoms with Crippen LogP contribution in [0.3, 0.4) is 0 Å². The van der Waals surface area contributed by atoms with Crippen LogP contribution in [0.5, 0.6) is 0 Å². The molecule has 0 aromatic rings. The number of allylic oxidation sites excluding steroid dienone is 1. The van der Waals surface area contributed by atoms with Gasteiger partial charge in [0.2, 0.25) is 0 Å². The number of nitrogens with zero attached hydrogens (tertiary/aromatic N) is 1. The summed E-state index contributed by atoms with van der Waals surface area (Å²) in [5, 5.41) is 9.23. The molecule has 2 rings (SSSR count). The Kier molecular flexibility index (Phi) is 3.33. The second-order valence-corrected chi connectivity index (χ2v) is 5.28. The molecule has 3 nitrogen and oxygen atoms in total. The Morgan fingerprint density at radius 2 is 2.12 bits per heavy atom. The van der Waals surface area contributed by atoms with E-state index in [1.165, 1.54) is 18.4 Å². The third-order valence-corrected chi connectivity index (χ3v) is 3.95. The summed E-state index contributed by atoms with van der Waals surface area (Å²) in [6, 6.07) is 0. The molecule has 1 aliphatic carbocycles. The normalized spacial score (nSPS) is 32.0. The van der Waals surface area contributed by atoms with Gasteiger partial charge in [0, 0.05) is 19.6 Å². The molecule has 0 bridgehead atoms. The van der Waals surface area contributed by atoms with Crippen LogP contribution in [-0.2, 0) is 4.79 Å². The largest absolute Gasteiger partial charge is 0.481 e. The van der Waals surface area contributed by atoms with Crippen molar-refractivity contribution >= 4 is 5.97 Å². The molecule has 90 valence electrons. The molecule has 2 aliphatic rings. The summed E-state index contributed by atoms with van der Waals surface area (Å²) in [6.07, 6.45) is 4.59. The highest BCUT2D eigenvalue weighted by atomic mass is 16.4. The zero-order chi connectivity index (χ0) is 11.7. The fourth-order valence-electron chi connectivity index (χ4n) is 2.75. The van der Waals surface area contributed by atoms with Crippen molar-refractivity contribution in [1.29, 1.82) is 0 Å². The maximum atomic E-state index is 11.2. The van der Waals surface area contributed by atoms with Gasteiger partial charge in [0.1, 0.15) is 0 Å². The summed E-state index contributed by atoms with van der Waals surface area (Å²) >= 11 is 0. The number of hydrogen-bond donors (Lipinski definition) is 1. The van der Waals surface area contributed by atoms with Gasteiger partial charge in [0.25, 0.3) is 0 Å². The van der Waals surface area contributed by atoms with Gasteiger partial charge in [-0.2, -0.15) is 0 Å². The van der Waals surface area contributed by atoms with Gasteiger partial charge in [0.05, 0.1) is 5.92 Å². The van der Waals surface area contributed by atoms with Crippen molar-refractivity contribution in [2.75, 3.05) is 19.6 Å². The number of likely N-dealkylation sites (tertiary alicyclic amines) is 1. The van der Waals surface area contributed by atoms with Crippen LogP contribution in [0.25, 0.3) is 0 Å². The van der Waals surface area contributed by atoms with Gasteiger partial charge in [0.15, 0.2) is 0 Å². The van der Waals surface area contributed by atoms with Gasteiger partial charge in [-0.3, -0.25) is 9.69 Å². The third kappa shape index (κ3) is 2.46. The second-order valence-electron chi connectivity index (χ2n) is 5.28. The first kappa shape index (κ1) is 11.6. The molecule has 1 heterocycles. The van der Waals surface area contributed by atoms with Gasteiger partial charge in [-0.15, -0.1) is 0 Å². The number of rotatable bonds is 4. The van der Waals surface area contributed by atoms with E-state index in [1.54, 1.807) is 0 Å². The highest BCUT2D eigenvalue weighted by Gasteiger charge is 2.45. The molecule has 0 radical (unpaired) electrons. The van der Waals surface area contributed by atoms with Crippen LogP contribution in [-0.4, -0.2) is 35.6 Å². The van der Waals surface area contributed by atoms with Crippen LogP contribution in [0.2, 0.25) is 0 Å². The maximum absolute atomic E-state index is 11.2. The summed E-state index contributed by atoms with van der Waals surface area (Å²) in [5.74, 6) is 0.369. The summed E-state index contributed by atoms with van der Waals surface area (Å²) < 4.78 is 0. The van der Waals surface area contributed by atoms with Gasteiger partial charge >= 0.3 is 5.97 Å². The molecule has 0 amide bonds. The Balaban J connectivity index is 1.97. The Labute approximate surface area is 97.1 Å². The molecule has 1 aliphatic heterocycles. The molecule has 1 N–H and O–H groups in total. The van der Waals surface area contributed by atoms with Crippen molar-refractivity contribution in [3.8, 4) is 0 Å². The van der Waals surface area contributed by atoms with Crippen molar-refractivity contribution < 1.29 is 9.90 Å². The molecule has 0 unspecified atom stereocenters. The molecular weight excluding hydrogens is 202 g/mol. The van der Waals surface area contributed by atoms with Crippen molar-refractivity contribution in [3.05, 3.63) is 11.6 Å². The fraction of sp³-hybridized carbons (Fsp3) is 0.769. The van der Waals surface area contributed by atoms with Crippen LogP contribution in [0.15, 0.2) is 11.6 Å². The van der Waals surface area contributed by atoms with E-state index in [9.17, 15) is 9.90 Å². The monoisotopic (exact) mass is 223 g/mol. The molecule has 0 aromatic carbocycles. The highest BCUT2D eigenvalue weighted by molar-refractivity contribution is 5.71. The first-order valence-electron chi connectivity index (χ1n) is 6.18. The topological polar surface area (TPSA) is 40.5 Å². The molecule has 1 saturated heterocycles. The van der Waals surface area contributed by atoms with Gasteiger partial charge in [-0.1, -0.05) is 11.6 Å². The van der Waals surface area contributed by atoms with E-state index in [-0.39, 0.29) is 5.92 Å². The van der Waals surface area contributed by atoms with E-state index in [4.69, 9.17) is 0 Å². The van der Waals surface area contributed by atoms with E-state index >= 15 is 0 Å². The van der Waals surface area contributed by atoms with Crippen molar-refractivity contribution in [1.82, 2.24) is 4.90 Å². The van der Waals surface area contributed by atoms with Gasteiger partial charge in [-0.05, 0) is 38.5 Å². The minimum atomic E-state index is -0.600. The number of carbonyl (C=O) groups is 1. The van der Waals surface area contributed by atoms with Crippen LogP contribution in [0.4, 0.5) is 0 Å². The molecule has 3 heteroatoms. The number of aliphatic carboxylic acids is 1. The third-order valence-electron chi connectivity index (χ3n) is 3.95. The summed E-state index contributed by atoms with van der Waals surface area (Å²) in [6.45, 7) is 6.80. The molecule has 1 saturated carbocycles. The number of hydrogen-bond acceptors (Lipinski definition) is 2. The zero-order valence-corrected chi connectivity index (χ0v) is 10.1. The molecule has 2 fully saturated rings. The summed E-state index contributed by atoms with van der Waals surface area (Å²) in [7, 11) is 0. The molecule has 2 atom stereocenters. The van der Waals surface area contributed by atoms with Crippen molar-refractivity contribution in [3.63, 3.8) is 0 Å². The summed E-state index contributed by atoms with van der Waals surface area (Å²) in [4.78, 5) is 13.5. The molecular formula is C13H21NO2. The van der Waals surface area contributed by atoms with E-state index in [0.29, 0.717) is 11.8 Å². The van der Waals surface area contributed by atoms with Crippen molar-refractivity contribution in [2.24, 2.45) is 17.8 Å². The number of carboxylic acids is 1. The van der Waals surface area contributed by atoms with Gasteiger partial charge < -0.3 is 5.11 Å². The fourth-order valence-corrected chi connectivity index (χ4v) is 2.75. The lowest BCUT2D eigenvalue weighted by molar-refractivity contribution is -0.142. The minimum Gasteiger partial charge on any atom is -0.481 e. The predicted molar refractivity (Wildman–Crippen MR) is 63.2 cm³/mol. The van der Waals surface area contributed by atoms with E-state index in [0.717, 1.165) is 19.6 Å². The summed E-state index contributed by atoms with van der Waals surface area (Å²) in [5.41, 5.74) is 1.33. The average Bonchev–Trinajstić information content (AvgIpc) is 3.00. The highest BCUT2D eigenvalue weighted by Crippen LogP contribution is 2.44. The first-order valence-corrected chi connectivity index (χ1v) is 6.18. The maximum Gasteiger partial charge on any atom is 0.308 e. The predicted octanol–water partition coefficient (Wildman–Crippen LogP) is 2.00. The van der Waals surface area contributed by atoms with Crippen LogP contribution in [0, 0.1) is 17.8 Å². The quantitative estimate of drug-likeness (QED) is 0.741. The van der Waals surface area contributed by atoms with Crippen LogP contribution >= 0.6 is 0 Å². The SMILES string of the molecule is C/C=C(\C)CN1C[C@@H](C(=O)O)[C@H](C2CC2)C1. The van der Waals surface area contributed by atoms with E-state index in [1.807, 2.05) is 6.92 Å². The Bertz CT molecular complexity index is 307. The lowest BCUT2D eigenvalue weighted by Gasteiger charge is -2.15. The molecule has 0 spiro atoms. The molecule has 16 heavy (non-hydrogen) atoms. The van der Waals surface area contributed by atoms with Crippen LogP contribution < -0.4 is 0 Å². The second kappa shape index (κ2) is 4.58. The Morgan fingerprint density at radius 1 is 1.44 bits per heavy atom. The molecule has 0 aromatic heterocycles. The van der Waals surface area contributed by atoms with E-state index in [2.05, 4.69) is 17.9 Å². The Morgan fingerprint density at radius 3 is 2.62 bits per heavy atom. The number of carboxylic acid groups (broad SMARTS) is 1. The smallest absolute Gasteiger partial charge is 0.308 e. The van der Waals surface area contributed by atoms with Crippen LogP contribution in [0.1, 0.15) is 26.7 Å². The average molecular weight is 223 g/mol. The van der Waals surface area contributed by atoms with E-state index < -0.39 is 5.97 Å². The van der Waals surface area contributed by atoms with Gasteiger partial charge in [-0.25, -0.2) is 0 Å². The first-order chi connectivity index (χ1) is 7.61. The minimum absolute atomic E-state index is 0.128. The van der Waals surface area contributed by atoms with Crippen molar-refractivity contribution in [2.45, 2.75) is 26.7 Å².